The number of benzene rings is 2. The first-order valence-corrected chi connectivity index (χ1v) is 8.48. The van der Waals surface area contributed by atoms with E-state index < -0.39 is 12.2 Å². The third-order valence-corrected chi connectivity index (χ3v) is 4.05. The number of rotatable bonds is 7. The zero-order chi connectivity index (χ0) is 20.1. The molecule has 3 rings (SSSR count). The highest BCUT2D eigenvalue weighted by molar-refractivity contribution is 5.60. The Balaban J connectivity index is 1.94. The van der Waals surface area contributed by atoms with E-state index in [0.717, 1.165) is 5.56 Å². The molecule has 8 heteroatoms. The fraction of sp³-hybridized carbons (Fsp3) is 0.200. The molecule has 1 heterocycles. The molecule has 0 saturated carbocycles. The third-order valence-electron chi connectivity index (χ3n) is 4.05. The van der Waals surface area contributed by atoms with Crippen LogP contribution >= 0.6 is 0 Å². The summed E-state index contributed by atoms with van der Waals surface area (Å²) in [6.07, 6.45) is 1.58. The lowest BCUT2D eigenvalue weighted by atomic mass is 10.2. The predicted octanol–water partition coefficient (Wildman–Crippen LogP) is 3.95. The summed E-state index contributed by atoms with van der Waals surface area (Å²) in [5, 5.41) is 3.09. The van der Waals surface area contributed by atoms with E-state index in [2.05, 4.69) is 15.0 Å². The van der Waals surface area contributed by atoms with E-state index in [1.807, 2.05) is 30.3 Å². The zero-order valence-electron chi connectivity index (χ0n) is 15.4. The van der Waals surface area contributed by atoms with Gasteiger partial charge in [0.1, 0.15) is 5.75 Å². The van der Waals surface area contributed by atoms with Crippen molar-refractivity contribution in [3.8, 4) is 11.5 Å². The summed E-state index contributed by atoms with van der Waals surface area (Å²) in [6, 6.07) is 14.2. The number of aryl methyl sites for hydroxylation is 1. The van der Waals surface area contributed by atoms with Crippen molar-refractivity contribution in [2.45, 2.75) is 20.1 Å². The molecule has 1 N–H and O–H groups in total. The number of anilines is 2. The van der Waals surface area contributed by atoms with Gasteiger partial charge in [-0.25, -0.2) is 0 Å². The third kappa shape index (κ3) is 4.64. The summed E-state index contributed by atoms with van der Waals surface area (Å²) >= 11 is 0. The van der Waals surface area contributed by atoms with Crippen molar-refractivity contribution in [1.29, 1.82) is 0 Å². The molecule has 0 amide bonds. The van der Waals surface area contributed by atoms with Gasteiger partial charge in [-0.1, -0.05) is 30.3 Å². The first-order valence-electron chi connectivity index (χ1n) is 8.48. The SMILES string of the molecule is COc1cn(Cc2ccccc2)c(Nc2ccc(OC(F)F)cc2C)nc1=O. The number of alkyl halides is 2. The molecule has 0 atom stereocenters. The second kappa shape index (κ2) is 8.51. The van der Waals surface area contributed by atoms with Crippen LogP contribution < -0.4 is 20.3 Å². The van der Waals surface area contributed by atoms with Crippen molar-refractivity contribution < 1.29 is 18.3 Å². The standard InChI is InChI=1S/C20H19F2N3O3/c1-13-10-15(28-19(21)22)8-9-16(13)23-20-24-18(26)17(27-2)12-25(20)11-14-6-4-3-5-7-14/h3-10,12,19H,11H2,1-2H3,(H,23,24,26). The molecule has 0 aliphatic rings. The van der Waals surface area contributed by atoms with Crippen LogP contribution in [0.5, 0.6) is 11.5 Å². The van der Waals surface area contributed by atoms with Gasteiger partial charge in [-0.2, -0.15) is 13.8 Å². The minimum Gasteiger partial charge on any atom is -0.490 e. The minimum atomic E-state index is -2.89. The highest BCUT2D eigenvalue weighted by Gasteiger charge is 2.12. The highest BCUT2D eigenvalue weighted by Crippen LogP contribution is 2.25. The maximum atomic E-state index is 12.4. The van der Waals surface area contributed by atoms with Crippen molar-refractivity contribution >= 4 is 11.6 Å². The van der Waals surface area contributed by atoms with Crippen LogP contribution in [0.3, 0.4) is 0 Å². The Bertz CT molecular complexity index is 1010. The van der Waals surface area contributed by atoms with Crippen molar-refractivity contribution in [2.24, 2.45) is 0 Å². The van der Waals surface area contributed by atoms with E-state index in [0.29, 0.717) is 23.7 Å². The van der Waals surface area contributed by atoms with E-state index >= 15 is 0 Å². The van der Waals surface area contributed by atoms with Gasteiger partial charge < -0.3 is 19.4 Å². The fourth-order valence-electron chi connectivity index (χ4n) is 2.69. The quantitative estimate of drug-likeness (QED) is 0.665. The van der Waals surface area contributed by atoms with E-state index in [1.165, 1.54) is 19.2 Å². The molecule has 6 nitrogen and oxygen atoms in total. The Morgan fingerprint density at radius 3 is 2.57 bits per heavy atom. The van der Waals surface area contributed by atoms with Gasteiger partial charge in [-0.05, 0) is 36.2 Å². The monoisotopic (exact) mass is 387 g/mol. The Morgan fingerprint density at radius 2 is 1.93 bits per heavy atom. The Hall–Kier alpha value is -3.42. The summed E-state index contributed by atoms with van der Waals surface area (Å²) in [4.78, 5) is 16.2. The molecule has 0 spiro atoms. The number of aromatic nitrogens is 2. The first kappa shape index (κ1) is 19.3. The topological polar surface area (TPSA) is 65.4 Å². The maximum Gasteiger partial charge on any atom is 0.387 e. The number of halogens is 2. The number of hydrogen-bond acceptors (Lipinski definition) is 5. The number of nitrogens with one attached hydrogen (secondary N) is 1. The van der Waals surface area contributed by atoms with Crippen LogP contribution in [0.25, 0.3) is 0 Å². The predicted molar refractivity (Wildman–Crippen MR) is 102 cm³/mol. The molecule has 146 valence electrons. The lowest BCUT2D eigenvalue weighted by Gasteiger charge is -2.17. The average Bonchev–Trinajstić information content (AvgIpc) is 2.66. The van der Waals surface area contributed by atoms with Crippen molar-refractivity contribution in [3.63, 3.8) is 0 Å². The Labute approximate surface area is 160 Å². The van der Waals surface area contributed by atoms with E-state index in [-0.39, 0.29) is 11.5 Å². The first-order chi connectivity index (χ1) is 13.5. The van der Waals surface area contributed by atoms with Gasteiger partial charge >= 0.3 is 12.2 Å². The summed E-state index contributed by atoms with van der Waals surface area (Å²) in [5.41, 5.74) is 1.77. The summed E-state index contributed by atoms with van der Waals surface area (Å²) in [6.45, 7) is -0.694. The highest BCUT2D eigenvalue weighted by atomic mass is 19.3. The Kier molecular flexibility index (Phi) is 5.88. The smallest absolute Gasteiger partial charge is 0.387 e. The molecular formula is C20H19F2N3O3. The molecule has 3 aromatic rings. The largest absolute Gasteiger partial charge is 0.490 e. The summed E-state index contributed by atoms with van der Waals surface area (Å²) < 4.78 is 36.0. The van der Waals surface area contributed by atoms with Gasteiger partial charge in [0.15, 0.2) is 0 Å². The number of nitrogens with zero attached hydrogens (tertiary/aromatic N) is 2. The van der Waals surface area contributed by atoms with Gasteiger partial charge in [-0.15, -0.1) is 0 Å². The second-order valence-electron chi connectivity index (χ2n) is 6.03. The van der Waals surface area contributed by atoms with Crippen LogP contribution in [0.4, 0.5) is 20.4 Å². The summed E-state index contributed by atoms with van der Waals surface area (Å²) in [7, 11) is 1.41. The zero-order valence-corrected chi connectivity index (χ0v) is 15.4. The molecular weight excluding hydrogens is 368 g/mol. The second-order valence-corrected chi connectivity index (χ2v) is 6.03. The summed E-state index contributed by atoms with van der Waals surface area (Å²) in [5.74, 6) is 0.488. The lowest BCUT2D eigenvalue weighted by Crippen LogP contribution is -2.19. The fourth-order valence-corrected chi connectivity index (χ4v) is 2.69. The van der Waals surface area contributed by atoms with Crippen LogP contribution in [0.15, 0.2) is 59.5 Å². The van der Waals surface area contributed by atoms with Crippen molar-refractivity contribution in [2.75, 3.05) is 12.4 Å². The molecule has 1 aromatic heterocycles. The van der Waals surface area contributed by atoms with Crippen LogP contribution in [0, 0.1) is 6.92 Å². The van der Waals surface area contributed by atoms with Gasteiger partial charge in [0, 0.05) is 5.69 Å². The molecule has 0 bridgehead atoms. The molecule has 0 aliphatic heterocycles. The molecule has 0 fully saturated rings. The number of ether oxygens (including phenoxy) is 2. The Morgan fingerprint density at radius 1 is 1.18 bits per heavy atom. The van der Waals surface area contributed by atoms with Gasteiger partial charge in [0.2, 0.25) is 11.7 Å². The molecule has 2 aromatic carbocycles. The van der Waals surface area contributed by atoms with Crippen LogP contribution in [0.1, 0.15) is 11.1 Å². The average molecular weight is 387 g/mol. The lowest BCUT2D eigenvalue weighted by molar-refractivity contribution is -0.0498. The molecule has 0 aliphatic carbocycles. The van der Waals surface area contributed by atoms with Gasteiger partial charge in [0.05, 0.1) is 19.9 Å². The number of hydrogen-bond donors (Lipinski definition) is 1. The number of methoxy groups -OCH3 is 1. The normalized spacial score (nSPS) is 10.8. The van der Waals surface area contributed by atoms with Crippen molar-refractivity contribution in [3.05, 3.63) is 76.2 Å². The maximum absolute atomic E-state index is 12.4. The molecule has 0 radical (unpaired) electrons. The minimum absolute atomic E-state index is 0.0578. The van der Waals surface area contributed by atoms with Crippen LogP contribution in [-0.2, 0) is 6.54 Å². The molecule has 0 unspecified atom stereocenters. The van der Waals surface area contributed by atoms with Gasteiger partial charge in [-0.3, -0.25) is 4.79 Å². The van der Waals surface area contributed by atoms with E-state index in [4.69, 9.17) is 4.74 Å². The van der Waals surface area contributed by atoms with Crippen LogP contribution in [0.2, 0.25) is 0 Å². The molecule has 28 heavy (non-hydrogen) atoms. The van der Waals surface area contributed by atoms with E-state index in [9.17, 15) is 13.6 Å². The molecule has 0 saturated heterocycles. The van der Waals surface area contributed by atoms with Gasteiger partial charge in [0.25, 0.3) is 0 Å². The van der Waals surface area contributed by atoms with Crippen LogP contribution in [-0.4, -0.2) is 23.3 Å². The van der Waals surface area contributed by atoms with Crippen molar-refractivity contribution in [1.82, 2.24) is 9.55 Å². The van der Waals surface area contributed by atoms with E-state index in [1.54, 1.807) is 23.8 Å².